The Bertz CT molecular complexity index is 4390. The maximum atomic E-state index is 15.8. The van der Waals surface area contributed by atoms with Crippen LogP contribution in [0.5, 0.6) is 121 Å². The summed E-state index contributed by atoms with van der Waals surface area (Å²) in [4.78, 5) is 75.8. The number of aliphatic hydroxyl groups excluding tert-OH is 1. The fraction of sp³-hybridized carbons (Fsp3) is 0.161. The van der Waals surface area contributed by atoms with Gasteiger partial charge in [-0.1, -0.05) is 0 Å². The van der Waals surface area contributed by atoms with Crippen LogP contribution in [0.4, 0.5) is 0 Å². The Balaban J connectivity index is 1.21. The smallest absolute Gasteiger partial charge is 0.340 e. The van der Waals surface area contributed by atoms with Crippen LogP contribution in [0.15, 0.2) is 36.4 Å². The minimum absolute atomic E-state index is 0.213. The van der Waals surface area contributed by atoms with Crippen LogP contribution in [0.1, 0.15) is 86.1 Å². The normalized spacial score (nSPS) is 20.8. The highest BCUT2D eigenvalue weighted by Gasteiger charge is 2.57. The van der Waals surface area contributed by atoms with E-state index in [1.807, 2.05) is 0 Å². The number of hydrogen-bond donors (Lipinski definition) is 21. The lowest BCUT2D eigenvalue weighted by molar-refractivity contribution is -0.135. The van der Waals surface area contributed by atoms with E-state index in [4.69, 9.17) is 28.4 Å². The molecule has 0 saturated heterocycles. The van der Waals surface area contributed by atoms with Crippen LogP contribution in [0.25, 0.3) is 33.4 Å². The first-order valence-corrected chi connectivity index (χ1v) is 25.1. The monoisotopic (exact) mass is 1220 g/mol. The summed E-state index contributed by atoms with van der Waals surface area (Å²) in [6, 6.07) is 3.38. The first-order valence-electron chi connectivity index (χ1n) is 25.1. The van der Waals surface area contributed by atoms with E-state index in [1.165, 1.54) is 0 Å². The largest absolute Gasteiger partial charge is 0.507 e. The Morgan fingerprint density at radius 2 is 0.750 bits per heavy atom. The van der Waals surface area contributed by atoms with Gasteiger partial charge in [0.1, 0.15) is 23.9 Å². The highest BCUT2D eigenvalue weighted by molar-refractivity contribution is 6.17. The molecule has 6 bridgehead atoms. The third kappa shape index (κ3) is 7.70. The molecule has 0 unspecified atom stereocenters. The number of hydrogen-bond acceptors (Lipinski definition) is 32. The van der Waals surface area contributed by atoms with Crippen molar-refractivity contribution >= 4 is 29.8 Å². The highest BCUT2D eigenvalue weighted by atomic mass is 16.6. The van der Waals surface area contributed by atoms with Crippen molar-refractivity contribution in [2.45, 2.75) is 49.0 Å². The SMILES string of the molecule is O=C1OC[C@@H]2OC(=O)c3cc(O)c(O)c(O)c3-c3c(O)c(O)c(O)c4c3C(=O)O[C@H]([C@H]3OC(=O)c5c-4c(O)c(O)c(O)c5[C@@H]3c3c(O)cc4c(c3O)C[C@H](O)[C@@H](c3cc(O)c(O)c(O)c3)O4)[C@@H]2OC(=O)c2cc(O)c(O)c(O)c2-c2c1cc(O)c(O)c2O. The number of rotatable bonds is 2. The minimum atomic E-state index is -3.04. The molecule has 21 N–H and O–H groups in total. The molecule has 0 aromatic heterocycles. The zero-order chi connectivity index (χ0) is 63.6. The molecule has 0 aliphatic carbocycles. The van der Waals surface area contributed by atoms with Gasteiger partial charge in [-0.05, 0) is 30.3 Å². The van der Waals surface area contributed by atoms with Crippen LogP contribution in [0, 0.1) is 0 Å². The Morgan fingerprint density at radius 1 is 0.330 bits per heavy atom. The summed E-state index contributed by atoms with van der Waals surface area (Å²) in [7, 11) is 0. The van der Waals surface area contributed by atoms with Crippen molar-refractivity contribution in [3.8, 4) is 154 Å². The third-order valence-corrected chi connectivity index (χ3v) is 15.6. The van der Waals surface area contributed by atoms with Crippen molar-refractivity contribution in [2.24, 2.45) is 0 Å². The third-order valence-electron chi connectivity index (χ3n) is 15.6. The van der Waals surface area contributed by atoms with Crippen LogP contribution in [-0.2, 0) is 30.1 Å². The number of carbonyl (C=O) groups excluding carboxylic acids is 5. The molecule has 13 rings (SSSR count). The molecule has 0 amide bonds. The van der Waals surface area contributed by atoms with Gasteiger partial charge in [-0.3, -0.25) is 0 Å². The van der Waals surface area contributed by atoms with Gasteiger partial charge in [-0.15, -0.1) is 0 Å². The molecule has 6 aliphatic rings. The lowest BCUT2D eigenvalue weighted by Gasteiger charge is -2.43. The maximum absolute atomic E-state index is 15.8. The number of aromatic hydroxyl groups is 20. The van der Waals surface area contributed by atoms with Gasteiger partial charge in [0.25, 0.3) is 0 Å². The number of cyclic esters (lactones) is 1. The van der Waals surface area contributed by atoms with Crippen molar-refractivity contribution in [2.75, 3.05) is 6.61 Å². The number of carbonyl (C=O) groups is 5. The van der Waals surface area contributed by atoms with E-state index in [2.05, 4.69) is 0 Å². The molecule has 32 heteroatoms. The Labute approximate surface area is 484 Å². The van der Waals surface area contributed by atoms with Crippen molar-refractivity contribution in [1.29, 1.82) is 0 Å². The summed E-state index contributed by atoms with van der Waals surface area (Å²) in [6.07, 6.45) is -15.9. The summed E-state index contributed by atoms with van der Waals surface area (Å²) in [5, 5.41) is 238. The van der Waals surface area contributed by atoms with Gasteiger partial charge in [-0.25, -0.2) is 24.0 Å². The molecule has 32 nitrogen and oxygen atoms in total. The number of fused-ring (bicyclic) bond motifs is 8. The van der Waals surface area contributed by atoms with E-state index in [9.17, 15) is 112 Å². The maximum Gasteiger partial charge on any atom is 0.340 e. The average molecular weight is 1220 g/mol. The van der Waals surface area contributed by atoms with E-state index in [0.717, 1.165) is 12.1 Å². The lowest BCUT2D eigenvalue weighted by Crippen LogP contribution is -2.56. The first kappa shape index (κ1) is 56.1. The summed E-state index contributed by atoms with van der Waals surface area (Å²) >= 11 is 0. The topological polar surface area (TPSA) is 566 Å². The summed E-state index contributed by atoms with van der Waals surface area (Å²) in [6.45, 7) is -1.65. The van der Waals surface area contributed by atoms with Crippen molar-refractivity contribution < 1.29 is 160 Å². The first-order chi connectivity index (χ1) is 41.5. The standard InChI is InChI=1S/C56H38O32/c57-14-7-21-10(3-20(63)48(84-21)9-1-15(58)35(65)16(59)2-9)34(64)26(14)31-30-33-29(44(74)47(77)45(30)75)28-32-27(42(72)46(76)43(28)73)25-13(6-19(62)38(68)41(25)71)53(79)85-22-8-83-52(78)11-4-17(60)36(66)39(69)23(11)24-12(5-18(61)37(67)40(24)70)54(80)86-49(22)51(88-56(32)82)50(31)87-55(33)81/h1-2,4-7,20,22,31,48-51,57-77H,3,8H2/t20-,22-,31-,48+,49+,50-,51-/m0/s1. The van der Waals surface area contributed by atoms with Crippen molar-refractivity contribution in [1.82, 2.24) is 0 Å². The fourth-order valence-corrected chi connectivity index (χ4v) is 11.6. The number of ether oxygens (including phenoxy) is 6. The van der Waals surface area contributed by atoms with Gasteiger partial charge in [0, 0.05) is 68.1 Å². The molecule has 6 aliphatic heterocycles. The molecule has 6 heterocycles. The number of phenols is 20. The number of phenolic OH excluding ortho intramolecular Hbond substituents is 20. The molecule has 0 radical (unpaired) electrons. The zero-order valence-electron chi connectivity index (χ0n) is 43.3. The molecule has 7 atom stereocenters. The highest BCUT2D eigenvalue weighted by Crippen LogP contribution is 2.64. The van der Waals surface area contributed by atoms with Crippen LogP contribution in [-0.4, -0.2) is 174 Å². The van der Waals surface area contributed by atoms with Gasteiger partial charge < -0.3 is 136 Å². The van der Waals surface area contributed by atoms with Crippen molar-refractivity contribution in [3.05, 3.63) is 86.5 Å². The van der Waals surface area contributed by atoms with Crippen molar-refractivity contribution in [3.63, 3.8) is 0 Å². The molecule has 0 fully saturated rings. The summed E-state index contributed by atoms with van der Waals surface area (Å²) in [5.41, 5.74) is -17.9. The second-order valence-corrected chi connectivity index (χ2v) is 20.4. The van der Waals surface area contributed by atoms with E-state index >= 15 is 19.2 Å². The molecule has 7 aromatic carbocycles. The second-order valence-electron chi connectivity index (χ2n) is 20.4. The van der Waals surface area contributed by atoms with Crippen LogP contribution in [0.2, 0.25) is 0 Å². The summed E-state index contributed by atoms with van der Waals surface area (Å²) in [5.74, 6) is -42.4. The van der Waals surface area contributed by atoms with Crippen LogP contribution < -0.4 is 4.74 Å². The second kappa shape index (κ2) is 19.1. The quantitative estimate of drug-likeness (QED) is 0.0672. The molecule has 0 saturated carbocycles. The Morgan fingerprint density at radius 3 is 1.30 bits per heavy atom. The van der Waals surface area contributed by atoms with E-state index in [1.54, 1.807) is 0 Å². The summed E-state index contributed by atoms with van der Waals surface area (Å²) < 4.78 is 35.2. The van der Waals surface area contributed by atoms with E-state index in [-0.39, 0.29) is 17.7 Å². The fourth-order valence-electron chi connectivity index (χ4n) is 11.6. The number of aliphatic hydroxyl groups is 1. The van der Waals surface area contributed by atoms with E-state index in [0.29, 0.717) is 12.1 Å². The van der Waals surface area contributed by atoms with Gasteiger partial charge in [0.2, 0.25) is 28.7 Å². The number of esters is 5. The average Bonchev–Trinajstić information content (AvgIpc) is 0.866. The lowest BCUT2D eigenvalue weighted by atomic mass is 9.73. The molecule has 454 valence electrons. The van der Waals surface area contributed by atoms with Gasteiger partial charge in [0.05, 0.1) is 39.8 Å². The van der Waals surface area contributed by atoms with Crippen LogP contribution >= 0.6 is 0 Å². The predicted octanol–water partition coefficient (Wildman–Crippen LogP) is 2.98. The molecular weight excluding hydrogens is 1180 g/mol. The Hall–Kier alpha value is -12.4. The Kier molecular flexibility index (Phi) is 12.2. The minimum Gasteiger partial charge on any atom is -0.507 e. The van der Waals surface area contributed by atoms with Gasteiger partial charge in [-0.2, -0.15) is 0 Å². The molecule has 7 aromatic rings. The molecular formula is C56H38O32. The van der Waals surface area contributed by atoms with Gasteiger partial charge >= 0.3 is 29.8 Å². The predicted molar refractivity (Wildman–Crippen MR) is 277 cm³/mol. The van der Waals surface area contributed by atoms with E-state index < -0.39 is 284 Å². The molecule has 0 spiro atoms. The van der Waals surface area contributed by atoms with Gasteiger partial charge in [0.15, 0.2) is 105 Å². The van der Waals surface area contributed by atoms with Crippen LogP contribution in [0.3, 0.4) is 0 Å². The zero-order valence-corrected chi connectivity index (χ0v) is 43.3. The number of benzene rings is 7. The molecule has 88 heavy (non-hydrogen) atoms.